The zero-order chi connectivity index (χ0) is 20.2. The lowest BCUT2D eigenvalue weighted by molar-refractivity contribution is -0.123. The number of amides is 1. The smallest absolute Gasteiger partial charge is 0.277 e. The van der Waals surface area contributed by atoms with Crippen LogP contribution in [0, 0.1) is 0 Å². The number of rotatable bonds is 11. The Kier molecular flexibility index (Phi) is 8.65. The maximum Gasteiger partial charge on any atom is 0.277 e. The van der Waals surface area contributed by atoms with Crippen molar-refractivity contribution in [1.29, 1.82) is 0 Å². The number of carbonyl (C=O) groups excluding carboxylic acids is 1. The van der Waals surface area contributed by atoms with Crippen LogP contribution < -0.4 is 19.6 Å². The number of phenols is 1. The second kappa shape index (κ2) is 11.5. The summed E-state index contributed by atoms with van der Waals surface area (Å²) < 4.78 is 16.3. The van der Waals surface area contributed by atoms with E-state index >= 15 is 0 Å². The molecule has 0 aromatic heterocycles. The number of ether oxygens (including phenoxy) is 3. The lowest BCUT2D eigenvalue weighted by atomic mass is 10.2. The Balaban J connectivity index is 1.76. The lowest BCUT2D eigenvalue weighted by Crippen LogP contribution is -2.24. The molecule has 0 radical (unpaired) electrons. The standard InChI is InChI=1S/C21H26N2O5/c1-3-5-12-27-17-7-9-18(10-8-17)28-15-21(25)23-22-14-16-6-11-19(24)20(13-16)26-4-2/h6-11,13-14,24H,3-5,12,15H2,1-2H3,(H,23,25)/b22-14+. The van der Waals surface area contributed by atoms with E-state index < -0.39 is 0 Å². The Bertz CT molecular complexity index is 775. The Labute approximate surface area is 164 Å². The summed E-state index contributed by atoms with van der Waals surface area (Å²) in [5, 5.41) is 13.5. The maximum atomic E-state index is 11.8. The van der Waals surface area contributed by atoms with Crippen LogP contribution >= 0.6 is 0 Å². The fourth-order valence-corrected chi connectivity index (χ4v) is 2.21. The van der Waals surface area contributed by atoms with Gasteiger partial charge in [0.25, 0.3) is 5.91 Å². The second-order valence-corrected chi connectivity index (χ2v) is 5.92. The first-order valence-corrected chi connectivity index (χ1v) is 9.25. The largest absolute Gasteiger partial charge is 0.504 e. The van der Waals surface area contributed by atoms with Crippen molar-refractivity contribution in [1.82, 2.24) is 5.43 Å². The van der Waals surface area contributed by atoms with E-state index in [1.165, 1.54) is 12.3 Å². The van der Waals surface area contributed by atoms with Crippen LogP contribution in [0.15, 0.2) is 47.6 Å². The van der Waals surface area contributed by atoms with E-state index in [2.05, 4.69) is 17.5 Å². The molecule has 0 bridgehead atoms. The highest BCUT2D eigenvalue weighted by atomic mass is 16.5. The minimum atomic E-state index is -0.386. The van der Waals surface area contributed by atoms with Crippen molar-refractivity contribution < 1.29 is 24.1 Å². The molecule has 2 aromatic rings. The van der Waals surface area contributed by atoms with Gasteiger partial charge in [-0.1, -0.05) is 13.3 Å². The van der Waals surface area contributed by atoms with Crippen molar-refractivity contribution in [3.05, 3.63) is 48.0 Å². The molecular weight excluding hydrogens is 360 g/mol. The number of carbonyl (C=O) groups is 1. The molecule has 2 aromatic carbocycles. The number of hydrazone groups is 1. The van der Waals surface area contributed by atoms with Crippen molar-refractivity contribution >= 4 is 12.1 Å². The van der Waals surface area contributed by atoms with Crippen LogP contribution in [-0.2, 0) is 4.79 Å². The van der Waals surface area contributed by atoms with E-state index in [9.17, 15) is 9.90 Å². The molecule has 2 rings (SSSR count). The van der Waals surface area contributed by atoms with Gasteiger partial charge in [-0.25, -0.2) is 5.43 Å². The lowest BCUT2D eigenvalue weighted by Gasteiger charge is -2.08. The minimum Gasteiger partial charge on any atom is -0.504 e. The number of hydrogen-bond donors (Lipinski definition) is 2. The Morgan fingerprint density at radius 1 is 1.07 bits per heavy atom. The van der Waals surface area contributed by atoms with Gasteiger partial charge in [0, 0.05) is 0 Å². The van der Waals surface area contributed by atoms with Crippen LogP contribution in [0.3, 0.4) is 0 Å². The van der Waals surface area contributed by atoms with Gasteiger partial charge in [-0.05, 0) is 61.4 Å². The average Bonchev–Trinajstić information content (AvgIpc) is 2.70. The summed E-state index contributed by atoms with van der Waals surface area (Å²) in [6.07, 6.45) is 3.55. The summed E-state index contributed by atoms with van der Waals surface area (Å²) in [5.41, 5.74) is 3.07. The summed E-state index contributed by atoms with van der Waals surface area (Å²) >= 11 is 0. The Morgan fingerprint density at radius 3 is 2.46 bits per heavy atom. The molecule has 0 aliphatic rings. The van der Waals surface area contributed by atoms with Crippen molar-refractivity contribution in [3.8, 4) is 23.0 Å². The Morgan fingerprint density at radius 2 is 1.79 bits per heavy atom. The van der Waals surface area contributed by atoms with Crippen LogP contribution in [0.5, 0.6) is 23.0 Å². The molecule has 1 amide bonds. The maximum absolute atomic E-state index is 11.8. The van der Waals surface area contributed by atoms with Gasteiger partial charge in [0.1, 0.15) is 11.5 Å². The first-order valence-electron chi connectivity index (χ1n) is 9.25. The molecular formula is C21H26N2O5. The van der Waals surface area contributed by atoms with Gasteiger partial charge in [-0.3, -0.25) is 4.79 Å². The van der Waals surface area contributed by atoms with Crippen molar-refractivity contribution in [2.75, 3.05) is 19.8 Å². The predicted molar refractivity (Wildman–Crippen MR) is 107 cm³/mol. The number of benzene rings is 2. The van der Waals surface area contributed by atoms with Gasteiger partial charge in [-0.15, -0.1) is 0 Å². The zero-order valence-corrected chi connectivity index (χ0v) is 16.2. The summed E-state index contributed by atoms with van der Waals surface area (Å²) in [6.45, 7) is 4.90. The first kappa shape index (κ1) is 21.1. The van der Waals surface area contributed by atoms with Gasteiger partial charge in [0.05, 0.1) is 19.4 Å². The molecule has 0 saturated heterocycles. The van der Waals surface area contributed by atoms with Crippen LogP contribution in [0.4, 0.5) is 0 Å². The van der Waals surface area contributed by atoms with Crippen LogP contribution in [0.1, 0.15) is 32.3 Å². The van der Waals surface area contributed by atoms with Crippen molar-refractivity contribution in [3.63, 3.8) is 0 Å². The van der Waals surface area contributed by atoms with Gasteiger partial charge >= 0.3 is 0 Å². The van der Waals surface area contributed by atoms with Gasteiger partial charge in [0.2, 0.25) is 0 Å². The van der Waals surface area contributed by atoms with Crippen LogP contribution in [0.25, 0.3) is 0 Å². The molecule has 7 heteroatoms. The molecule has 0 aliphatic carbocycles. The molecule has 0 fully saturated rings. The number of hydrogen-bond acceptors (Lipinski definition) is 6. The topological polar surface area (TPSA) is 89.4 Å². The third-order valence-corrected chi connectivity index (χ3v) is 3.65. The number of nitrogens with zero attached hydrogens (tertiary/aromatic N) is 1. The summed E-state index contributed by atoms with van der Waals surface area (Å²) in [4.78, 5) is 11.8. The average molecular weight is 386 g/mol. The molecule has 0 unspecified atom stereocenters. The van der Waals surface area contributed by atoms with Crippen molar-refractivity contribution in [2.45, 2.75) is 26.7 Å². The molecule has 28 heavy (non-hydrogen) atoms. The summed E-state index contributed by atoms with van der Waals surface area (Å²) in [5.74, 6) is 1.38. The molecule has 2 N–H and O–H groups in total. The molecule has 0 spiro atoms. The summed E-state index contributed by atoms with van der Waals surface area (Å²) in [6, 6.07) is 11.9. The molecule has 0 saturated carbocycles. The number of unbranched alkanes of at least 4 members (excludes halogenated alkanes) is 1. The van der Waals surface area contributed by atoms with E-state index in [4.69, 9.17) is 14.2 Å². The van der Waals surface area contributed by atoms with Gasteiger partial charge in [0.15, 0.2) is 18.1 Å². The molecule has 0 heterocycles. The predicted octanol–water partition coefficient (Wildman–Crippen LogP) is 3.50. The van der Waals surface area contributed by atoms with Gasteiger partial charge < -0.3 is 19.3 Å². The highest BCUT2D eigenvalue weighted by Gasteiger charge is 2.04. The molecule has 0 aliphatic heterocycles. The first-order chi connectivity index (χ1) is 13.6. The van der Waals surface area contributed by atoms with Crippen LogP contribution in [0.2, 0.25) is 0 Å². The third-order valence-electron chi connectivity index (χ3n) is 3.65. The second-order valence-electron chi connectivity index (χ2n) is 5.92. The van der Waals surface area contributed by atoms with Crippen LogP contribution in [-0.4, -0.2) is 37.0 Å². The Hall–Kier alpha value is -3.22. The van der Waals surface area contributed by atoms with E-state index in [0.717, 1.165) is 18.6 Å². The monoisotopic (exact) mass is 386 g/mol. The zero-order valence-electron chi connectivity index (χ0n) is 16.2. The normalized spacial score (nSPS) is 10.6. The molecule has 150 valence electrons. The highest BCUT2D eigenvalue weighted by molar-refractivity contribution is 5.83. The third kappa shape index (κ3) is 7.19. The molecule has 7 nitrogen and oxygen atoms in total. The van der Waals surface area contributed by atoms with Gasteiger partial charge in [-0.2, -0.15) is 5.10 Å². The van der Waals surface area contributed by atoms with E-state index in [1.807, 2.05) is 19.1 Å². The SMILES string of the molecule is CCCCOc1ccc(OCC(=O)N/N=C/c2ccc(O)c(OCC)c2)cc1. The van der Waals surface area contributed by atoms with E-state index in [-0.39, 0.29) is 18.3 Å². The highest BCUT2D eigenvalue weighted by Crippen LogP contribution is 2.26. The van der Waals surface area contributed by atoms with E-state index in [0.29, 0.717) is 30.3 Å². The number of nitrogens with one attached hydrogen (secondary N) is 1. The van der Waals surface area contributed by atoms with Crippen molar-refractivity contribution in [2.24, 2.45) is 5.10 Å². The minimum absolute atomic E-state index is 0.0539. The molecule has 0 atom stereocenters. The number of phenolic OH excluding ortho intramolecular Hbond substituents is 1. The van der Waals surface area contributed by atoms with E-state index in [1.54, 1.807) is 24.3 Å². The quantitative estimate of drug-likeness (QED) is 0.350. The fraction of sp³-hybridized carbons (Fsp3) is 0.333. The summed E-state index contributed by atoms with van der Waals surface area (Å²) in [7, 11) is 0. The number of aromatic hydroxyl groups is 1. The fourth-order valence-electron chi connectivity index (χ4n) is 2.21.